The molecule has 2 N–H and O–H groups in total. The largest absolute Gasteiger partial charge is 0.470 e. The van der Waals surface area contributed by atoms with Crippen molar-refractivity contribution < 1.29 is 32.8 Å². The van der Waals surface area contributed by atoms with E-state index in [2.05, 4.69) is 9.97 Å². The Morgan fingerprint density at radius 1 is 1.09 bits per heavy atom. The molecule has 6 rings (SSSR count). The zero-order chi connectivity index (χ0) is 24.1. The molecule has 5 heterocycles. The van der Waals surface area contributed by atoms with Gasteiger partial charge in [-0.3, -0.25) is 0 Å². The molecular weight excluding hydrogens is 462 g/mol. The number of aliphatic hydroxyl groups excluding tert-OH is 1. The molecule has 35 heavy (non-hydrogen) atoms. The van der Waals surface area contributed by atoms with E-state index in [1.165, 1.54) is 18.2 Å². The highest BCUT2D eigenvalue weighted by Gasteiger charge is 2.48. The van der Waals surface area contributed by atoms with Gasteiger partial charge in [0.15, 0.2) is 12.0 Å². The van der Waals surface area contributed by atoms with Gasteiger partial charge in [0.1, 0.15) is 36.0 Å². The van der Waals surface area contributed by atoms with Gasteiger partial charge in [-0.25, -0.2) is 13.8 Å². The van der Waals surface area contributed by atoms with Crippen LogP contribution < -0.4 is 9.64 Å². The lowest BCUT2D eigenvalue weighted by molar-refractivity contribution is 0.00794. The first-order valence-corrected chi connectivity index (χ1v) is 11.4. The molecule has 9 nitrogen and oxygen atoms in total. The number of ether oxygens (including phenoxy) is 4. The fraction of sp³-hybridized carbons (Fsp3) is 0.417. The minimum Gasteiger partial charge on any atom is -0.470 e. The van der Waals surface area contributed by atoms with Gasteiger partial charge in [0, 0.05) is 24.8 Å². The first kappa shape index (κ1) is 22.2. The lowest BCUT2D eigenvalue weighted by Crippen LogP contribution is -2.36. The van der Waals surface area contributed by atoms with Crippen LogP contribution in [0, 0.1) is 23.0 Å². The number of benzene rings is 1. The van der Waals surface area contributed by atoms with Crippen LogP contribution in [0.2, 0.25) is 0 Å². The highest BCUT2D eigenvalue weighted by Crippen LogP contribution is 2.35. The fourth-order valence-electron chi connectivity index (χ4n) is 4.87. The lowest BCUT2D eigenvalue weighted by atomic mass is 10.0. The Hall–Kier alpha value is -3.30. The Morgan fingerprint density at radius 2 is 1.83 bits per heavy atom. The number of fused-ring (bicyclic) bond motifs is 2. The summed E-state index contributed by atoms with van der Waals surface area (Å²) in [7, 11) is 0. The fourth-order valence-corrected chi connectivity index (χ4v) is 4.87. The zero-order valence-electron chi connectivity index (χ0n) is 18.5. The van der Waals surface area contributed by atoms with Gasteiger partial charge in [-0.05, 0) is 18.2 Å². The van der Waals surface area contributed by atoms with Crippen LogP contribution >= 0.6 is 0 Å². The minimum atomic E-state index is -0.798. The second-order valence-corrected chi connectivity index (χ2v) is 8.77. The maximum absolute atomic E-state index is 15.2. The highest BCUT2D eigenvalue weighted by molar-refractivity contribution is 5.84. The monoisotopic (exact) mass is 484 g/mol. The van der Waals surface area contributed by atoms with Crippen LogP contribution in [0.25, 0.3) is 22.3 Å². The second kappa shape index (κ2) is 8.73. The summed E-state index contributed by atoms with van der Waals surface area (Å²) in [6.45, 7) is 2.47. The van der Waals surface area contributed by atoms with Gasteiger partial charge in [0.2, 0.25) is 0 Å². The molecule has 3 aliphatic rings. The molecule has 0 aliphatic carbocycles. The van der Waals surface area contributed by atoms with E-state index >= 15 is 8.78 Å². The van der Waals surface area contributed by atoms with Crippen molar-refractivity contribution in [1.29, 1.82) is 5.26 Å². The Kier molecular flexibility index (Phi) is 5.53. The minimum absolute atomic E-state index is 0.0225. The molecule has 0 saturated carbocycles. The van der Waals surface area contributed by atoms with Crippen molar-refractivity contribution in [3.05, 3.63) is 41.5 Å². The Morgan fingerprint density at radius 3 is 2.57 bits per heavy atom. The zero-order valence-corrected chi connectivity index (χ0v) is 18.5. The third kappa shape index (κ3) is 3.88. The Balaban J connectivity index is 1.32. The third-order valence-corrected chi connectivity index (χ3v) is 6.60. The number of rotatable bonds is 4. The van der Waals surface area contributed by atoms with E-state index in [9.17, 15) is 10.4 Å². The van der Waals surface area contributed by atoms with Crippen LogP contribution in [-0.4, -0.2) is 79.0 Å². The quantitative estimate of drug-likeness (QED) is 0.579. The van der Waals surface area contributed by atoms with Crippen LogP contribution in [0.15, 0.2) is 24.3 Å². The van der Waals surface area contributed by atoms with Crippen LogP contribution in [0.5, 0.6) is 5.88 Å². The molecule has 11 heteroatoms. The number of nitrogens with zero attached hydrogens (tertiary/aromatic N) is 3. The van der Waals surface area contributed by atoms with Gasteiger partial charge < -0.3 is 33.9 Å². The van der Waals surface area contributed by atoms with Crippen molar-refractivity contribution in [2.24, 2.45) is 0 Å². The van der Waals surface area contributed by atoms with Crippen molar-refractivity contribution in [3.8, 4) is 23.2 Å². The molecule has 0 spiro atoms. The van der Waals surface area contributed by atoms with Gasteiger partial charge in [-0.15, -0.1) is 0 Å². The number of H-pyrrole nitrogens is 1. The number of aliphatic hydroxyl groups is 1. The summed E-state index contributed by atoms with van der Waals surface area (Å²) in [5.41, 5.74) is 0.863. The van der Waals surface area contributed by atoms with Gasteiger partial charge in [-0.2, -0.15) is 5.26 Å². The topological polar surface area (TPSA) is 113 Å². The average Bonchev–Trinajstić information content (AvgIpc) is 3.55. The number of pyridine rings is 1. The summed E-state index contributed by atoms with van der Waals surface area (Å²) in [5, 5.41) is 19.6. The SMILES string of the molecule is N#Cc1cc2[nH]c(O[C@@H]3COC4[C@H](O)CO[C@@H]43)cc2nc1-c1c(F)cc(N2CCOCC2)cc1F. The van der Waals surface area contributed by atoms with Crippen molar-refractivity contribution in [2.75, 3.05) is 44.4 Å². The molecule has 2 aromatic heterocycles. The van der Waals surface area contributed by atoms with E-state index in [1.54, 1.807) is 6.07 Å². The predicted octanol–water partition coefficient (Wildman–Crippen LogP) is 2.12. The van der Waals surface area contributed by atoms with E-state index in [4.69, 9.17) is 18.9 Å². The van der Waals surface area contributed by atoms with Crippen molar-refractivity contribution in [3.63, 3.8) is 0 Å². The molecular formula is C24H22F2N4O5. The van der Waals surface area contributed by atoms with Crippen molar-refractivity contribution in [1.82, 2.24) is 9.97 Å². The third-order valence-electron chi connectivity index (χ3n) is 6.60. The molecule has 0 amide bonds. The molecule has 3 fully saturated rings. The van der Waals surface area contributed by atoms with Crippen LogP contribution in [0.4, 0.5) is 14.5 Å². The van der Waals surface area contributed by atoms with Gasteiger partial charge >= 0.3 is 0 Å². The van der Waals surface area contributed by atoms with Gasteiger partial charge in [0.25, 0.3) is 0 Å². The molecule has 3 aliphatic heterocycles. The normalized spacial score (nSPS) is 26.2. The number of hydrogen-bond donors (Lipinski definition) is 2. The van der Waals surface area contributed by atoms with E-state index in [-0.39, 0.29) is 30.0 Å². The average molecular weight is 484 g/mol. The summed E-state index contributed by atoms with van der Waals surface area (Å²) in [4.78, 5) is 9.29. The number of hydrogen-bond acceptors (Lipinski definition) is 8. The molecule has 3 aromatic rings. The summed E-state index contributed by atoms with van der Waals surface area (Å²) >= 11 is 0. The van der Waals surface area contributed by atoms with Crippen molar-refractivity contribution >= 4 is 16.7 Å². The summed E-state index contributed by atoms with van der Waals surface area (Å²) in [6, 6.07) is 7.59. The molecule has 1 aromatic carbocycles. The van der Waals surface area contributed by atoms with Gasteiger partial charge in [0.05, 0.1) is 54.3 Å². The molecule has 0 bridgehead atoms. The highest BCUT2D eigenvalue weighted by atomic mass is 19.1. The van der Waals surface area contributed by atoms with E-state index in [1.807, 2.05) is 11.0 Å². The number of morpholine rings is 1. The molecule has 0 radical (unpaired) electrons. The van der Waals surface area contributed by atoms with Gasteiger partial charge in [-0.1, -0.05) is 0 Å². The predicted molar refractivity (Wildman–Crippen MR) is 119 cm³/mol. The summed E-state index contributed by atoms with van der Waals surface area (Å²) < 4.78 is 52.8. The standard InChI is InChI=1S/C24H22F2N4O5/c25-14-6-13(30-1-3-32-4-2-30)7-15(26)21(14)22-12(9-27)5-16-17(29-22)8-20(28-16)35-19-11-34-23-18(31)10-33-24(19)23/h5-8,18-19,23-24,28,31H,1-4,10-11H2/t18-,19-,23?,24-/m1/s1. The van der Waals surface area contributed by atoms with Crippen molar-refractivity contribution in [2.45, 2.75) is 24.4 Å². The number of nitriles is 1. The first-order valence-electron chi connectivity index (χ1n) is 11.4. The first-order chi connectivity index (χ1) is 17.0. The van der Waals surface area contributed by atoms with E-state index in [0.29, 0.717) is 48.9 Å². The number of anilines is 1. The Bertz CT molecular complexity index is 1300. The number of aromatic nitrogens is 2. The molecule has 182 valence electrons. The van der Waals surface area contributed by atoms with E-state index in [0.717, 1.165) is 0 Å². The molecule has 1 unspecified atom stereocenters. The summed E-state index contributed by atoms with van der Waals surface area (Å²) in [5.74, 6) is -1.25. The number of nitrogens with one attached hydrogen (secondary N) is 1. The smallest absolute Gasteiger partial charge is 0.193 e. The Labute approximate surface area is 198 Å². The van der Waals surface area contributed by atoms with Crippen LogP contribution in [0.1, 0.15) is 5.56 Å². The molecule has 3 saturated heterocycles. The maximum Gasteiger partial charge on any atom is 0.193 e. The maximum atomic E-state index is 15.2. The second-order valence-electron chi connectivity index (χ2n) is 8.77. The molecule has 4 atom stereocenters. The van der Waals surface area contributed by atoms with Crippen LogP contribution in [0.3, 0.4) is 0 Å². The summed E-state index contributed by atoms with van der Waals surface area (Å²) in [6.07, 6.45) is -1.98. The van der Waals surface area contributed by atoms with E-state index < -0.39 is 36.1 Å². The number of halogens is 2. The van der Waals surface area contributed by atoms with Crippen LogP contribution in [-0.2, 0) is 14.2 Å². The lowest BCUT2D eigenvalue weighted by Gasteiger charge is -2.29. The number of aromatic amines is 1.